The number of benzene rings is 3. The lowest BCUT2D eigenvalue weighted by Crippen LogP contribution is -2.32. The first-order valence-corrected chi connectivity index (χ1v) is 12.7. The summed E-state index contributed by atoms with van der Waals surface area (Å²) in [5, 5.41) is 11.2. The predicted molar refractivity (Wildman–Crippen MR) is 148 cm³/mol. The average Bonchev–Trinajstić information content (AvgIpc) is 3.54. The molecule has 1 aliphatic carbocycles. The number of nitrogens with zero attached hydrogens (tertiary/aromatic N) is 5. The van der Waals surface area contributed by atoms with E-state index in [-0.39, 0.29) is 16.8 Å². The molecule has 0 atom stereocenters. The summed E-state index contributed by atoms with van der Waals surface area (Å²) in [5.41, 5.74) is 12.5. The molecule has 0 spiro atoms. The van der Waals surface area contributed by atoms with Crippen LogP contribution in [0, 0.1) is 0 Å². The number of aromatic nitrogens is 3. The summed E-state index contributed by atoms with van der Waals surface area (Å²) in [6.07, 6.45) is -1.70. The number of hydrogen-bond donors (Lipinski definition) is 1. The van der Waals surface area contributed by atoms with Gasteiger partial charge in [-0.1, -0.05) is 44.2 Å². The van der Waals surface area contributed by atoms with Crippen LogP contribution in [-0.2, 0) is 6.42 Å². The summed E-state index contributed by atoms with van der Waals surface area (Å²) in [6.45, 7) is 4.23. The normalized spacial score (nSPS) is 14.1. The van der Waals surface area contributed by atoms with Crippen molar-refractivity contribution in [1.82, 2.24) is 14.8 Å². The predicted octanol–water partition coefficient (Wildman–Crippen LogP) is 6.36. The lowest BCUT2D eigenvalue weighted by molar-refractivity contribution is -0.274. The number of ether oxygens (including phenoxy) is 1. The summed E-state index contributed by atoms with van der Waals surface area (Å²) < 4.78 is 42.7. The zero-order valence-corrected chi connectivity index (χ0v) is 22.0. The van der Waals surface area contributed by atoms with Crippen LogP contribution < -0.4 is 15.5 Å². The maximum atomic E-state index is 12.4. The number of hydrazone groups is 1. The number of halogens is 3. The first kappa shape index (κ1) is 26.4. The van der Waals surface area contributed by atoms with Crippen molar-refractivity contribution in [2.24, 2.45) is 10.8 Å². The second kappa shape index (κ2) is 10.5. The molecule has 3 aromatic carbocycles. The number of thiocarbonyl (C=S) groups is 1. The van der Waals surface area contributed by atoms with Gasteiger partial charge in [0, 0.05) is 11.1 Å². The smallest absolute Gasteiger partial charge is 0.406 e. The van der Waals surface area contributed by atoms with Crippen LogP contribution in [0.2, 0.25) is 0 Å². The molecule has 0 fully saturated rings. The standard InChI is InChI=1S/C28H25F3N6OS/c1-17(2)22-5-3-4-6-25(22)37(27(32)39)34-24-14-8-18-15-19(7-13-23(18)24)26-33-16-36(35-26)20-9-11-21(12-10-20)38-28(29,30)31/h3-7,9-13,15-17H,8,14H2,1-2H3,(H2,32,39)/b34-24+. The molecule has 0 unspecified atom stereocenters. The Bertz CT molecular complexity index is 1550. The molecule has 0 aliphatic heterocycles. The van der Waals surface area contributed by atoms with Gasteiger partial charge in [-0.05, 0) is 78.5 Å². The lowest BCUT2D eigenvalue weighted by Gasteiger charge is -2.23. The van der Waals surface area contributed by atoms with E-state index in [2.05, 4.69) is 34.7 Å². The topological polar surface area (TPSA) is 81.6 Å². The maximum Gasteiger partial charge on any atom is 0.573 e. The Morgan fingerprint density at radius 2 is 1.82 bits per heavy atom. The molecular weight excluding hydrogens is 525 g/mol. The number of nitrogens with two attached hydrogens (primary N) is 1. The SMILES string of the molecule is CC(C)c1ccccc1N(/N=C1\CCc2cc(-c3ncn(-c4ccc(OC(F)(F)F)cc4)n3)ccc21)C(N)=S. The minimum atomic E-state index is -4.74. The molecule has 0 saturated heterocycles. The van der Waals surface area contributed by atoms with Gasteiger partial charge in [0.05, 0.1) is 17.1 Å². The molecule has 5 rings (SSSR count). The molecule has 11 heteroatoms. The van der Waals surface area contributed by atoms with Crippen molar-refractivity contribution in [3.63, 3.8) is 0 Å². The second-order valence-electron chi connectivity index (χ2n) is 9.34. The van der Waals surface area contributed by atoms with Gasteiger partial charge in [0.1, 0.15) is 12.1 Å². The molecule has 200 valence electrons. The molecule has 0 saturated carbocycles. The Balaban J connectivity index is 1.39. The van der Waals surface area contributed by atoms with E-state index in [1.54, 1.807) is 5.01 Å². The van der Waals surface area contributed by atoms with Crippen LogP contribution in [0.25, 0.3) is 17.1 Å². The largest absolute Gasteiger partial charge is 0.573 e. The number of aryl methyl sites for hydroxylation is 1. The molecule has 0 radical (unpaired) electrons. The summed E-state index contributed by atoms with van der Waals surface area (Å²) in [4.78, 5) is 4.40. The van der Waals surface area contributed by atoms with Crippen molar-refractivity contribution in [1.29, 1.82) is 0 Å². The number of alkyl halides is 3. The van der Waals surface area contributed by atoms with Crippen molar-refractivity contribution < 1.29 is 17.9 Å². The van der Waals surface area contributed by atoms with Crippen molar-refractivity contribution in [3.8, 4) is 22.8 Å². The van der Waals surface area contributed by atoms with Gasteiger partial charge < -0.3 is 10.5 Å². The van der Waals surface area contributed by atoms with E-state index in [0.29, 0.717) is 11.5 Å². The molecule has 0 bridgehead atoms. The van der Waals surface area contributed by atoms with E-state index in [1.807, 2.05) is 36.4 Å². The maximum absolute atomic E-state index is 12.4. The fourth-order valence-corrected chi connectivity index (χ4v) is 4.68. The van der Waals surface area contributed by atoms with E-state index in [1.165, 1.54) is 35.3 Å². The van der Waals surface area contributed by atoms with E-state index in [4.69, 9.17) is 23.1 Å². The fraction of sp³-hybridized carbons (Fsp3) is 0.214. The van der Waals surface area contributed by atoms with Crippen molar-refractivity contribution in [2.75, 3.05) is 5.01 Å². The molecule has 39 heavy (non-hydrogen) atoms. The van der Waals surface area contributed by atoms with E-state index >= 15 is 0 Å². The van der Waals surface area contributed by atoms with Gasteiger partial charge in [0.25, 0.3) is 0 Å². The van der Waals surface area contributed by atoms with Crippen molar-refractivity contribution in [3.05, 3.63) is 89.7 Å². The zero-order chi connectivity index (χ0) is 27.7. The quantitative estimate of drug-likeness (QED) is 0.222. The highest BCUT2D eigenvalue weighted by atomic mass is 32.1. The molecule has 1 heterocycles. The Kier molecular flexibility index (Phi) is 7.09. The van der Waals surface area contributed by atoms with Gasteiger partial charge in [0.15, 0.2) is 10.9 Å². The highest BCUT2D eigenvalue weighted by Gasteiger charge is 2.31. The van der Waals surface area contributed by atoms with E-state index < -0.39 is 6.36 Å². The van der Waals surface area contributed by atoms with Crippen LogP contribution in [0.1, 0.15) is 42.9 Å². The van der Waals surface area contributed by atoms with Gasteiger partial charge in [-0.25, -0.2) is 14.7 Å². The first-order valence-electron chi connectivity index (χ1n) is 12.3. The number of fused-ring (bicyclic) bond motifs is 1. The third kappa shape index (κ3) is 5.78. The van der Waals surface area contributed by atoms with Crippen molar-refractivity contribution >= 4 is 28.7 Å². The number of anilines is 1. The Morgan fingerprint density at radius 1 is 1.08 bits per heavy atom. The summed E-state index contributed by atoms with van der Waals surface area (Å²) in [5.74, 6) is 0.467. The zero-order valence-electron chi connectivity index (χ0n) is 21.2. The Hall–Kier alpha value is -4.25. The number of rotatable bonds is 6. The fourth-order valence-electron chi connectivity index (χ4n) is 4.54. The highest BCUT2D eigenvalue weighted by Crippen LogP contribution is 2.31. The van der Waals surface area contributed by atoms with Crippen molar-refractivity contribution in [2.45, 2.75) is 39.0 Å². The van der Waals surface area contributed by atoms with Crippen LogP contribution in [0.3, 0.4) is 0 Å². The van der Waals surface area contributed by atoms with Gasteiger partial charge in [-0.15, -0.1) is 18.3 Å². The molecule has 1 aliphatic rings. The minimum Gasteiger partial charge on any atom is -0.406 e. The summed E-state index contributed by atoms with van der Waals surface area (Å²) >= 11 is 5.36. The third-order valence-electron chi connectivity index (χ3n) is 6.35. The molecule has 4 aromatic rings. The van der Waals surface area contributed by atoms with Crippen LogP contribution in [0.15, 0.2) is 78.2 Å². The van der Waals surface area contributed by atoms with Gasteiger partial charge in [-0.3, -0.25) is 0 Å². The van der Waals surface area contributed by atoms with E-state index in [0.717, 1.165) is 46.5 Å². The second-order valence-corrected chi connectivity index (χ2v) is 9.75. The van der Waals surface area contributed by atoms with Crippen LogP contribution >= 0.6 is 12.2 Å². The highest BCUT2D eigenvalue weighted by molar-refractivity contribution is 7.80. The first-order chi connectivity index (χ1) is 18.6. The molecule has 1 aromatic heterocycles. The monoisotopic (exact) mass is 550 g/mol. The summed E-state index contributed by atoms with van der Waals surface area (Å²) in [6, 6.07) is 19.3. The van der Waals surface area contributed by atoms with Crippen LogP contribution in [-0.4, -0.2) is 32.0 Å². The minimum absolute atomic E-state index is 0.174. The molecular formula is C28H25F3N6OS. The van der Waals surface area contributed by atoms with Gasteiger partial charge in [-0.2, -0.15) is 5.10 Å². The average molecular weight is 551 g/mol. The Labute approximate surface area is 228 Å². The molecule has 0 amide bonds. The molecule has 7 nitrogen and oxygen atoms in total. The number of hydrogen-bond acceptors (Lipinski definition) is 5. The lowest BCUT2D eigenvalue weighted by atomic mass is 10.0. The van der Waals surface area contributed by atoms with Gasteiger partial charge >= 0.3 is 6.36 Å². The Morgan fingerprint density at radius 3 is 2.51 bits per heavy atom. The third-order valence-corrected chi connectivity index (χ3v) is 6.52. The summed E-state index contributed by atoms with van der Waals surface area (Å²) in [7, 11) is 0. The van der Waals surface area contributed by atoms with Crippen LogP contribution in [0.4, 0.5) is 18.9 Å². The molecule has 2 N–H and O–H groups in total. The van der Waals surface area contributed by atoms with E-state index in [9.17, 15) is 13.2 Å². The van der Waals surface area contributed by atoms with Crippen LogP contribution in [0.5, 0.6) is 5.75 Å². The van der Waals surface area contributed by atoms with Gasteiger partial charge in [0.2, 0.25) is 0 Å². The number of para-hydroxylation sites is 1.